The van der Waals surface area contributed by atoms with Crippen LogP contribution in [0, 0.1) is 13.8 Å². The van der Waals surface area contributed by atoms with E-state index in [-0.39, 0.29) is 5.78 Å². The fourth-order valence-corrected chi connectivity index (χ4v) is 1.46. The molecule has 0 bridgehead atoms. The molecule has 0 aromatic carbocycles. The monoisotopic (exact) mass is 196 g/mol. The lowest BCUT2D eigenvalue weighted by atomic mass is 10.0. The Balaban J connectivity index is 2.88. The molecule has 0 spiro atoms. The minimum Gasteiger partial charge on any atom is -0.361 e. The number of nitrogens with zero attached hydrogens (tertiary/aromatic N) is 1. The molecule has 0 aliphatic rings. The number of hydrogen-bond donors (Lipinski definition) is 1. The van der Waals surface area contributed by atoms with Crippen molar-refractivity contribution >= 4 is 5.78 Å². The van der Waals surface area contributed by atoms with Crippen molar-refractivity contribution in [1.29, 1.82) is 0 Å². The standard InChI is InChI=1S/C10H16N2O2/c1-4-5-8(11)10(13)9-6(2)12-14-7(9)3/h8H,4-5,11H2,1-3H3. The number of rotatable bonds is 4. The fraction of sp³-hybridized carbons (Fsp3) is 0.600. The predicted molar refractivity (Wildman–Crippen MR) is 53.2 cm³/mol. The quantitative estimate of drug-likeness (QED) is 0.742. The first kappa shape index (κ1) is 10.9. The largest absolute Gasteiger partial charge is 0.361 e. The Bertz CT molecular complexity index is 311. The molecule has 0 aliphatic carbocycles. The van der Waals surface area contributed by atoms with Crippen LogP contribution in [0.4, 0.5) is 0 Å². The van der Waals surface area contributed by atoms with E-state index in [1.165, 1.54) is 0 Å². The van der Waals surface area contributed by atoms with E-state index >= 15 is 0 Å². The van der Waals surface area contributed by atoms with E-state index in [4.69, 9.17) is 10.3 Å². The van der Waals surface area contributed by atoms with Gasteiger partial charge in [0.15, 0.2) is 5.78 Å². The molecule has 14 heavy (non-hydrogen) atoms. The van der Waals surface area contributed by atoms with Gasteiger partial charge >= 0.3 is 0 Å². The van der Waals surface area contributed by atoms with Crippen LogP contribution in [-0.4, -0.2) is 17.0 Å². The van der Waals surface area contributed by atoms with E-state index in [2.05, 4.69) is 5.16 Å². The fourth-order valence-electron chi connectivity index (χ4n) is 1.46. The van der Waals surface area contributed by atoms with E-state index in [9.17, 15) is 4.79 Å². The van der Waals surface area contributed by atoms with Crippen molar-refractivity contribution < 1.29 is 9.32 Å². The maximum Gasteiger partial charge on any atom is 0.184 e. The summed E-state index contributed by atoms with van der Waals surface area (Å²) in [5.41, 5.74) is 6.91. The van der Waals surface area contributed by atoms with Crippen LogP contribution >= 0.6 is 0 Å². The summed E-state index contributed by atoms with van der Waals surface area (Å²) in [6, 6.07) is -0.434. The van der Waals surface area contributed by atoms with Gasteiger partial charge in [0.25, 0.3) is 0 Å². The number of carbonyl (C=O) groups is 1. The SMILES string of the molecule is CCCC(N)C(=O)c1c(C)noc1C. The molecule has 0 amide bonds. The minimum atomic E-state index is -0.434. The van der Waals surface area contributed by atoms with Gasteiger partial charge < -0.3 is 10.3 Å². The Labute approximate surface area is 83.5 Å². The Kier molecular flexibility index (Phi) is 3.41. The predicted octanol–water partition coefficient (Wildman–Crippen LogP) is 1.60. The highest BCUT2D eigenvalue weighted by Crippen LogP contribution is 2.15. The first-order valence-corrected chi connectivity index (χ1v) is 4.80. The minimum absolute atomic E-state index is 0.0666. The second-order valence-corrected chi connectivity index (χ2v) is 3.46. The first-order valence-electron chi connectivity index (χ1n) is 4.80. The van der Waals surface area contributed by atoms with Crippen LogP contribution in [-0.2, 0) is 0 Å². The molecule has 1 aromatic heterocycles. The Hall–Kier alpha value is -1.16. The highest BCUT2D eigenvalue weighted by atomic mass is 16.5. The van der Waals surface area contributed by atoms with Gasteiger partial charge in [-0.3, -0.25) is 4.79 Å². The molecular weight excluding hydrogens is 180 g/mol. The van der Waals surface area contributed by atoms with Crippen molar-refractivity contribution in [3.8, 4) is 0 Å². The van der Waals surface area contributed by atoms with Crippen molar-refractivity contribution in [3.05, 3.63) is 17.0 Å². The van der Waals surface area contributed by atoms with Gasteiger partial charge in [-0.1, -0.05) is 18.5 Å². The molecule has 1 atom stereocenters. The second kappa shape index (κ2) is 4.37. The zero-order valence-corrected chi connectivity index (χ0v) is 8.83. The normalized spacial score (nSPS) is 12.9. The van der Waals surface area contributed by atoms with Crippen LogP contribution in [0.5, 0.6) is 0 Å². The van der Waals surface area contributed by atoms with Crippen molar-refractivity contribution in [3.63, 3.8) is 0 Å². The van der Waals surface area contributed by atoms with Crippen molar-refractivity contribution in [2.75, 3.05) is 0 Å². The van der Waals surface area contributed by atoms with Gasteiger partial charge in [0, 0.05) is 0 Å². The number of aromatic nitrogens is 1. The summed E-state index contributed by atoms with van der Waals surface area (Å²) in [6.07, 6.45) is 1.60. The molecule has 1 aromatic rings. The number of carbonyl (C=O) groups excluding carboxylic acids is 1. The van der Waals surface area contributed by atoms with Gasteiger partial charge in [-0.25, -0.2) is 0 Å². The molecule has 0 saturated heterocycles. The molecule has 1 heterocycles. The van der Waals surface area contributed by atoms with Crippen molar-refractivity contribution in [2.24, 2.45) is 5.73 Å². The molecule has 4 heteroatoms. The smallest absolute Gasteiger partial charge is 0.184 e. The van der Waals surface area contributed by atoms with E-state index in [1.54, 1.807) is 13.8 Å². The van der Waals surface area contributed by atoms with Crippen LogP contribution in [0.15, 0.2) is 4.52 Å². The molecule has 78 valence electrons. The van der Waals surface area contributed by atoms with Crippen LogP contribution in [0.1, 0.15) is 41.6 Å². The van der Waals surface area contributed by atoms with Crippen LogP contribution in [0.3, 0.4) is 0 Å². The lowest BCUT2D eigenvalue weighted by molar-refractivity contribution is 0.0955. The lowest BCUT2D eigenvalue weighted by Crippen LogP contribution is -2.30. The van der Waals surface area contributed by atoms with Crippen LogP contribution in [0.2, 0.25) is 0 Å². The van der Waals surface area contributed by atoms with Gasteiger partial charge in [0.05, 0.1) is 17.3 Å². The van der Waals surface area contributed by atoms with Gasteiger partial charge in [0.2, 0.25) is 0 Å². The van der Waals surface area contributed by atoms with E-state index in [1.807, 2.05) is 6.92 Å². The topological polar surface area (TPSA) is 69.1 Å². The molecule has 0 aliphatic heterocycles. The summed E-state index contributed by atoms with van der Waals surface area (Å²) in [4.78, 5) is 11.8. The van der Waals surface area contributed by atoms with Crippen LogP contribution < -0.4 is 5.73 Å². The number of aryl methyl sites for hydroxylation is 2. The zero-order chi connectivity index (χ0) is 10.7. The molecule has 2 N–H and O–H groups in total. The Morgan fingerprint density at radius 3 is 2.64 bits per heavy atom. The molecule has 1 rings (SSSR count). The summed E-state index contributed by atoms with van der Waals surface area (Å²) in [7, 11) is 0. The highest BCUT2D eigenvalue weighted by Gasteiger charge is 2.22. The van der Waals surface area contributed by atoms with Crippen LogP contribution in [0.25, 0.3) is 0 Å². The third-order valence-electron chi connectivity index (χ3n) is 2.22. The van der Waals surface area contributed by atoms with E-state index in [0.29, 0.717) is 23.4 Å². The van der Waals surface area contributed by atoms with Gasteiger partial charge in [0.1, 0.15) is 5.76 Å². The zero-order valence-electron chi connectivity index (χ0n) is 8.83. The lowest BCUT2D eigenvalue weighted by Gasteiger charge is -2.07. The van der Waals surface area contributed by atoms with Gasteiger partial charge in [-0.05, 0) is 20.3 Å². The molecule has 0 fully saturated rings. The van der Waals surface area contributed by atoms with E-state index < -0.39 is 6.04 Å². The number of nitrogens with two attached hydrogens (primary N) is 1. The first-order chi connectivity index (χ1) is 6.57. The highest BCUT2D eigenvalue weighted by molar-refractivity contribution is 6.01. The summed E-state index contributed by atoms with van der Waals surface area (Å²) in [5, 5.41) is 3.73. The third kappa shape index (κ3) is 2.01. The number of hydrogen-bond acceptors (Lipinski definition) is 4. The van der Waals surface area contributed by atoms with Crippen molar-refractivity contribution in [1.82, 2.24) is 5.16 Å². The number of ketones is 1. The van der Waals surface area contributed by atoms with Gasteiger partial charge in [-0.2, -0.15) is 0 Å². The molecule has 4 nitrogen and oxygen atoms in total. The summed E-state index contributed by atoms with van der Waals surface area (Å²) < 4.78 is 4.92. The number of Topliss-reactive ketones (excluding diaryl/α,β-unsaturated/α-hetero) is 1. The van der Waals surface area contributed by atoms with E-state index in [0.717, 1.165) is 6.42 Å². The maximum absolute atomic E-state index is 11.8. The Morgan fingerprint density at radius 2 is 2.21 bits per heavy atom. The summed E-state index contributed by atoms with van der Waals surface area (Å²) >= 11 is 0. The maximum atomic E-state index is 11.8. The summed E-state index contributed by atoms with van der Waals surface area (Å²) in [5.74, 6) is 0.488. The molecule has 0 saturated carbocycles. The molecular formula is C10H16N2O2. The average molecular weight is 196 g/mol. The third-order valence-corrected chi connectivity index (χ3v) is 2.22. The Morgan fingerprint density at radius 1 is 1.57 bits per heavy atom. The molecule has 0 radical (unpaired) electrons. The van der Waals surface area contributed by atoms with Crippen molar-refractivity contribution in [2.45, 2.75) is 39.7 Å². The summed E-state index contributed by atoms with van der Waals surface area (Å²) in [6.45, 7) is 5.48. The van der Waals surface area contributed by atoms with Gasteiger partial charge in [-0.15, -0.1) is 0 Å². The molecule has 1 unspecified atom stereocenters. The average Bonchev–Trinajstić information content (AvgIpc) is 2.46. The second-order valence-electron chi connectivity index (χ2n) is 3.46.